The van der Waals surface area contributed by atoms with Gasteiger partial charge in [0.1, 0.15) is 11.3 Å². The molecular weight excluding hydrogens is 182 g/mol. The van der Waals surface area contributed by atoms with Crippen LogP contribution in [0.1, 0.15) is 24.2 Å². The lowest BCUT2D eigenvalue weighted by Gasteiger charge is -2.02. The van der Waals surface area contributed by atoms with Crippen molar-refractivity contribution < 1.29 is 14.6 Å². The van der Waals surface area contributed by atoms with Gasteiger partial charge in [-0.15, -0.1) is 0 Å². The first-order valence-electron chi connectivity index (χ1n) is 4.32. The molecule has 0 spiro atoms. The smallest absolute Gasteiger partial charge is 0.341 e. The summed E-state index contributed by atoms with van der Waals surface area (Å²) in [6.45, 7) is 4.00. The Labute approximate surface area is 83.3 Å². The molecule has 3 N–H and O–H groups in total. The first-order valence-corrected chi connectivity index (χ1v) is 4.32. The molecular formula is C10H15NO3. The third kappa shape index (κ3) is 2.97. The Bertz CT molecular complexity index is 310. The molecule has 0 amide bonds. The monoisotopic (exact) mass is 197 g/mol. The minimum absolute atomic E-state index is 0.0810. The van der Waals surface area contributed by atoms with Crippen molar-refractivity contribution in [2.75, 3.05) is 12.8 Å². The van der Waals surface area contributed by atoms with Gasteiger partial charge in [-0.05, 0) is 18.2 Å². The van der Waals surface area contributed by atoms with Crippen LogP contribution in [-0.4, -0.2) is 18.2 Å². The Morgan fingerprint density at radius 2 is 2.00 bits per heavy atom. The molecule has 0 aliphatic heterocycles. The third-order valence-corrected chi connectivity index (χ3v) is 1.43. The molecule has 0 aromatic heterocycles. The maximum absolute atomic E-state index is 10.9. The van der Waals surface area contributed by atoms with Gasteiger partial charge in [0.05, 0.1) is 7.11 Å². The molecule has 0 fully saturated rings. The maximum atomic E-state index is 10.9. The molecule has 4 heteroatoms. The van der Waals surface area contributed by atoms with Crippen molar-refractivity contribution in [1.82, 2.24) is 0 Å². The number of anilines is 1. The van der Waals surface area contributed by atoms with Gasteiger partial charge in [-0.25, -0.2) is 4.79 Å². The van der Waals surface area contributed by atoms with E-state index in [1.54, 1.807) is 0 Å². The number of benzene rings is 1. The van der Waals surface area contributed by atoms with E-state index in [4.69, 9.17) is 5.73 Å². The molecule has 0 aliphatic carbocycles. The number of ether oxygens (including phenoxy) is 1. The van der Waals surface area contributed by atoms with Crippen molar-refractivity contribution in [2.45, 2.75) is 13.8 Å². The summed E-state index contributed by atoms with van der Waals surface area (Å²) < 4.78 is 4.42. The summed E-state index contributed by atoms with van der Waals surface area (Å²) in [5.74, 6) is -0.726. The van der Waals surface area contributed by atoms with Crippen molar-refractivity contribution >= 4 is 11.7 Å². The van der Waals surface area contributed by atoms with Crippen LogP contribution in [0.4, 0.5) is 5.69 Å². The van der Waals surface area contributed by atoms with Gasteiger partial charge in [-0.1, -0.05) is 13.8 Å². The Morgan fingerprint density at radius 3 is 2.50 bits per heavy atom. The van der Waals surface area contributed by atoms with Crippen LogP contribution in [0.15, 0.2) is 18.2 Å². The topological polar surface area (TPSA) is 72.5 Å². The predicted octanol–water partition coefficient (Wildman–Crippen LogP) is 1.79. The van der Waals surface area contributed by atoms with Gasteiger partial charge in [0.2, 0.25) is 0 Å². The van der Waals surface area contributed by atoms with Crippen LogP contribution in [0, 0.1) is 0 Å². The molecule has 0 saturated carbocycles. The molecule has 0 atom stereocenters. The van der Waals surface area contributed by atoms with Gasteiger partial charge in [0, 0.05) is 5.69 Å². The fraction of sp³-hybridized carbons (Fsp3) is 0.300. The minimum atomic E-state index is -0.597. The lowest BCUT2D eigenvalue weighted by atomic mass is 10.2. The lowest BCUT2D eigenvalue weighted by Crippen LogP contribution is -2.02. The number of hydrogen-bond donors (Lipinski definition) is 2. The molecule has 1 aromatic rings. The van der Waals surface area contributed by atoms with E-state index in [-0.39, 0.29) is 11.3 Å². The standard InChI is InChI=1S/C8H9NO3.C2H6/c1-12-8(11)6-4-5(9)2-3-7(6)10;1-2/h2-4,10H,9H2,1H3;1-2H3. The second kappa shape index (κ2) is 5.85. The molecule has 1 aromatic carbocycles. The van der Waals surface area contributed by atoms with Crippen LogP contribution in [0.25, 0.3) is 0 Å². The highest BCUT2D eigenvalue weighted by Crippen LogP contribution is 2.19. The summed E-state index contributed by atoms with van der Waals surface area (Å²) in [5.41, 5.74) is 5.89. The summed E-state index contributed by atoms with van der Waals surface area (Å²) in [6.07, 6.45) is 0. The van der Waals surface area contributed by atoms with Crippen molar-refractivity contribution in [3.63, 3.8) is 0 Å². The molecule has 0 bridgehead atoms. The van der Waals surface area contributed by atoms with Crippen LogP contribution < -0.4 is 5.73 Å². The number of esters is 1. The number of nitrogens with two attached hydrogens (primary N) is 1. The van der Waals surface area contributed by atoms with Crippen LogP contribution in [0.2, 0.25) is 0 Å². The van der Waals surface area contributed by atoms with E-state index in [0.29, 0.717) is 5.69 Å². The number of hydrogen-bond acceptors (Lipinski definition) is 4. The van der Waals surface area contributed by atoms with Gasteiger partial charge in [0.15, 0.2) is 0 Å². The zero-order valence-electron chi connectivity index (χ0n) is 8.57. The van der Waals surface area contributed by atoms with Crippen LogP contribution in [-0.2, 0) is 4.74 Å². The Hall–Kier alpha value is -1.71. The molecule has 0 unspecified atom stereocenters. The SMILES string of the molecule is CC.COC(=O)c1cc(N)ccc1O. The van der Waals surface area contributed by atoms with E-state index in [2.05, 4.69) is 4.74 Å². The number of aromatic hydroxyl groups is 1. The van der Waals surface area contributed by atoms with Gasteiger partial charge in [-0.3, -0.25) is 0 Å². The second-order valence-electron chi connectivity index (χ2n) is 2.27. The van der Waals surface area contributed by atoms with E-state index in [0.717, 1.165) is 0 Å². The molecule has 14 heavy (non-hydrogen) atoms. The second-order valence-corrected chi connectivity index (χ2v) is 2.27. The highest BCUT2D eigenvalue weighted by Gasteiger charge is 2.10. The van der Waals surface area contributed by atoms with Gasteiger partial charge in [-0.2, -0.15) is 0 Å². The molecule has 1 rings (SSSR count). The average Bonchev–Trinajstić information content (AvgIpc) is 2.23. The number of nitrogen functional groups attached to an aromatic ring is 1. The van der Waals surface area contributed by atoms with E-state index < -0.39 is 5.97 Å². The highest BCUT2D eigenvalue weighted by atomic mass is 16.5. The third-order valence-electron chi connectivity index (χ3n) is 1.43. The summed E-state index contributed by atoms with van der Waals surface area (Å²) in [7, 11) is 1.24. The van der Waals surface area contributed by atoms with E-state index in [1.165, 1.54) is 25.3 Å². The quantitative estimate of drug-likeness (QED) is 0.409. The molecule has 0 heterocycles. The van der Waals surface area contributed by atoms with Gasteiger partial charge in [0.25, 0.3) is 0 Å². The highest BCUT2D eigenvalue weighted by molar-refractivity contribution is 5.93. The fourth-order valence-electron chi connectivity index (χ4n) is 0.827. The molecule has 78 valence electrons. The number of methoxy groups -OCH3 is 1. The molecule has 0 saturated heterocycles. The first kappa shape index (κ1) is 12.3. The Balaban J connectivity index is 0.000000791. The van der Waals surface area contributed by atoms with Crippen molar-refractivity contribution in [1.29, 1.82) is 0 Å². The number of phenols is 1. The number of carbonyl (C=O) groups is 1. The maximum Gasteiger partial charge on any atom is 0.341 e. The van der Waals surface area contributed by atoms with E-state index >= 15 is 0 Å². The predicted molar refractivity (Wildman–Crippen MR) is 55.2 cm³/mol. The summed E-state index contributed by atoms with van der Waals surface area (Å²) in [6, 6.07) is 4.21. The number of phenolic OH excluding ortho intramolecular Hbond substituents is 1. The average molecular weight is 197 g/mol. The summed E-state index contributed by atoms with van der Waals surface area (Å²) in [4.78, 5) is 10.9. The van der Waals surface area contributed by atoms with Crippen molar-refractivity contribution in [3.05, 3.63) is 23.8 Å². The molecule has 0 aliphatic rings. The zero-order valence-corrected chi connectivity index (χ0v) is 8.57. The van der Waals surface area contributed by atoms with Crippen LogP contribution in [0.5, 0.6) is 5.75 Å². The first-order chi connectivity index (χ1) is 6.65. The summed E-state index contributed by atoms with van der Waals surface area (Å²) in [5, 5.41) is 9.18. The van der Waals surface area contributed by atoms with Gasteiger partial charge < -0.3 is 15.6 Å². The van der Waals surface area contributed by atoms with Crippen LogP contribution >= 0.6 is 0 Å². The number of carbonyl (C=O) groups excluding carboxylic acids is 1. The minimum Gasteiger partial charge on any atom is -0.507 e. The molecule has 4 nitrogen and oxygen atoms in total. The largest absolute Gasteiger partial charge is 0.507 e. The summed E-state index contributed by atoms with van der Waals surface area (Å²) >= 11 is 0. The van der Waals surface area contributed by atoms with Crippen molar-refractivity contribution in [3.8, 4) is 5.75 Å². The van der Waals surface area contributed by atoms with Crippen molar-refractivity contribution in [2.24, 2.45) is 0 Å². The zero-order chi connectivity index (χ0) is 11.1. The fourth-order valence-corrected chi connectivity index (χ4v) is 0.827. The van der Waals surface area contributed by atoms with Crippen LogP contribution in [0.3, 0.4) is 0 Å². The normalized spacial score (nSPS) is 8.50. The number of rotatable bonds is 1. The van der Waals surface area contributed by atoms with Gasteiger partial charge >= 0.3 is 5.97 Å². The Morgan fingerprint density at radius 1 is 1.43 bits per heavy atom. The Kier molecular flexibility index (Phi) is 5.14. The lowest BCUT2D eigenvalue weighted by molar-refractivity contribution is 0.0597. The van der Waals surface area contributed by atoms with E-state index in [9.17, 15) is 9.90 Å². The molecule has 0 radical (unpaired) electrons. The van der Waals surface area contributed by atoms with E-state index in [1.807, 2.05) is 13.8 Å².